The molecule has 7 nitrogen and oxygen atoms in total. The zero-order valence-electron chi connectivity index (χ0n) is 16.4. The number of benzene rings is 2. The molecule has 0 aliphatic rings. The minimum atomic E-state index is -0.400. The number of hydrogen-bond acceptors (Lipinski definition) is 6. The van der Waals surface area contributed by atoms with E-state index in [1.54, 1.807) is 74.8 Å². The Morgan fingerprint density at radius 3 is 2.53 bits per heavy atom. The topological polar surface area (TPSA) is 95.6 Å². The van der Waals surface area contributed by atoms with Crippen LogP contribution in [0.4, 0.5) is 10.5 Å². The molecule has 152 valence electrons. The van der Waals surface area contributed by atoms with Crippen LogP contribution in [-0.2, 0) is 6.61 Å². The highest BCUT2D eigenvalue weighted by atomic mass is 32.2. The van der Waals surface area contributed by atoms with E-state index in [2.05, 4.69) is 11.4 Å². The van der Waals surface area contributed by atoms with Gasteiger partial charge in [-0.05, 0) is 60.3 Å². The Labute approximate surface area is 178 Å². The van der Waals surface area contributed by atoms with Gasteiger partial charge in [0.15, 0.2) is 5.76 Å². The van der Waals surface area contributed by atoms with E-state index in [-0.39, 0.29) is 17.6 Å². The Hall–Kier alpha value is -3.70. The number of ether oxygens (including phenoxy) is 1. The fraction of sp³-hybridized carbons (Fsp3) is 0.136. The second-order valence-corrected chi connectivity index (χ2v) is 7.43. The molecule has 0 radical (unpaired) electrons. The molecule has 0 fully saturated rings. The molecule has 3 aromatic rings. The number of thioether (sulfide) groups is 1. The number of carbonyl (C=O) groups is 2. The number of para-hydroxylation sites is 1. The van der Waals surface area contributed by atoms with E-state index in [9.17, 15) is 9.59 Å². The Balaban J connectivity index is 1.57. The number of nitrogens with one attached hydrogen (secondary N) is 1. The van der Waals surface area contributed by atoms with Gasteiger partial charge in [-0.1, -0.05) is 12.1 Å². The lowest BCUT2D eigenvalue weighted by Gasteiger charge is -2.09. The molecule has 3 rings (SSSR count). The van der Waals surface area contributed by atoms with Gasteiger partial charge in [-0.25, -0.2) is 0 Å². The van der Waals surface area contributed by atoms with Crippen molar-refractivity contribution < 1.29 is 18.7 Å². The number of nitrogens with zero attached hydrogens (tertiary/aromatic N) is 2. The van der Waals surface area contributed by atoms with Crippen LogP contribution < -0.4 is 10.1 Å². The summed E-state index contributed by atoms with van der Waals surface area (Å²) in [4.78, 5) is 26.4. The summed E-state index contributed by atoms with van der Waals surface area (Å²) >= 11 is 1.11. The van der Waals surface area contributed by atoms with E-state index in [0.717, 1.165) is 16.7 Å². The number of anilines is 1. The quantitative estimate of drug-likeness (QED) is 0.577. The second kappa shape index (κ2) is 9.67. The summed E-state index contributed by atoms with van der Waals surface area (Å²) in [6.45, 7) is 0.0950. The maximum Gasteiger partial charge on any atom is 0.291 e. The van der Waals surface area contributed by atoms with Crippen LogP contribution in [0.1, 0.15) is 21.9 Å². The van der Waals surface area contributed by atoms with E-state index in [0.29, 0.717) is 22.8 Å². The Bertz CT molecular complexity index is 1080. The van der Waals surface area contributed by atoms with Crippen molar-refractivity contribution in [2.24, 2.45) is 0 Å². The normalized spacial score (nSPS) is 10.2. The Morgan fingerprint density at radius 1 is 1.10 bits per heavy atom. The van der Waals surface area contributed by atoms with Gasteiger partial charge in [-0.3, -0.25) is 9.59 Å². The van der Waals surface area contributed by atoms with E-state index in [4.69, 9.17) is 14.4 Å². The summed E-state index contributed by atoms with van der Waals surface area (Å²) in [6, 6.07) is 19.1. The van der Waals surface area contributed by atoms with Crippen molar-refractivity contribution in [3.05, 3.63) is 77.7 Å². The van der Waals surface area contributed by atoms with Crippen LogP contribution in [0.3, 0.4) is 0 Å². The maximum absolute atomic E-state index is 12.4. The highest BCUT2D eigenvalue weighted by Crippen LogP contribution is 2.23. The molecular weight excluding hydrogens is 402 g/mol. The largest absolute Gasteiger partial charge is 0.484 e. The van der Waals surface area contributed by atoms with E-state index < -0.39 is 5.91 Å². The molecule has 8 heteroatoms. The smallest absolute Gasteiger partial charge is 0.291 e. The van der Waals surface area contributed by atoms with Crippen molar-refractivity contribution in [1.82, 2.24) is 4.90 Å². The number of hydrogen-bond donors (Lipinski definition) is 1. The molecule has 1 N–H and O–H groups in total. The number of carbonyl (C=O) groups excluding carboxylic acids is 2. The van der Waals surface area contributed by atoms with Gasteiger partial charge in [0.25, 0.3) is 11.1 Å². The van der Waals surface area contributed by atoms with Crippen molar-refractivity contribution in [2.45, 2.75) is 11.5 Å². The maximum atomic E-state index is 12.4. The minimum Gasteiger partial charge on any atom is -0.484 e. The van der Waals surface area contributed by atoms with E-state index in [1.807, 2.05) is 0 Å². The van der Waals surface area contributed by atoms with Gasteiger partial charge in [0.1, 0.15) is 24.2 Å². The van der Waals surface area contributed by atoms with Crippen molar-refractivity contribution >= 4 is 28.6 Å². The van der Waals surface area contributed by atoms with Crippen LogP contribution >= 0.6 is 11.8 Å². The molecular formula is C22H19N3O4S. The fourth-order valence-electron chi connectivity index (χ4n) is 2.40. The predicted molar refractivity (Wildman–Crippen MR) is 114 cm³/mol. The number of nitriles is 1. The Morgan fingerprint density at radius 2 is 1.83 bits per heavy atom. The van der Waals surface area contributed by atoms with Crippen LogP contribution in [0.25, 0.3) is 0 Å². The van der Waals surface area contributed by atoms with Gasteiger partial charge < -0.3 is 19.4 Å². The number of amides is 2. The molecule has 0 spiro atoms. The van der Waals surface area contributed by atoms with Gasteiger partial charge in [-0.15, -0.1) is 0 Å². The molecule has 0 saturated heterocycles. The summed E-state index contributed by atoms with van der Waals surface area (Å²) < 4.78 is 11.1. The van der Waals surface area contributed by atoms with Crippen LogP contribution in [0.15, 0.2) is 70.0 Å². The summed E-state index contributed by atoms with van der Waals surface area (Å²) in [6.07, 6.45) is 0. The molecule has 0 aliphatic heterocycles. The molecule has 0 atom stereocenters. The zero-order valence-corrected chi connectivity index (χ0v) is 17.2. The molecule has 0 bridgehead atoms. The predicted octanol–water partition coefficient (Wildman–Crippen LogP) is 4.76. The second-order valence-electron chi connectivity index (χ2n) is 6.40. The van der Waals surface area contributed by atoms with Gasteiger partial charge in [0.2, 0.25) is 0 Å². The summed E-state index contributed by atoms with van der Waals surface area (Å²) in [5.74, 6) is 0.654. The SMILES string of the molecule is CN(C)C(=O)Sc1ccc(NC(=O)c2ccc(COc3ccccc3C#N)o2)cc1. The summed E-state index contributed by atoms with van der Waals surface area (Å²) in [5.41, 5.74) is 1.01. The monoisotopic (exact) mass is 421 g/mol. The standard InChI is InChI=1S/C22H19N3O4S/c1-25(2)22(27)30-18-10-7-16(8-11-18)24-21(26)20-12-9-17(29-20)14-28-19-6-4-3-5-15(19)13-23/h3-12H,14H2,1-2H3,(H,24,26). The lowest BCUT2D eigenvalue weighted by molar-refractivity contribution is 0.0992. The third-order valence-electron chi connectivity index (χ3n) is 3.95. The van der Waals surface area contributed by atoms with Gasteiger partial charge in [0.05, 0.1) is 5.56 Å². The highest BCUT2D eigenvalue weighted by Gasteiger charge is 2.13. The van der Waals surface area contributed by atoms with Crippen LogP contribution in [0.5, 0.6) is 5.75 Å². The van der Waals surface area contributed by atoms with Crippen LogP contribution in [-0.4, -0.2) is 30.1 Å². The van der Waals surface area contributed by atoms with Gasteiger partial charge >= 0.3 is 0 Å². The number of furan rings is 1. The Kier molecular flexibility index (Phi) is 6.78. The molecule has 30 heavy (non-hydrogen) atoms. The fourth-order valence-corrected chi connectivity index (χ4v) is 3.06. The number of rotatable bonds is 6. The first-order chi connectivity index (χ1) is 14.5. The van der Waals surface area contributed by atoms with E-state index >= 15 is 0 Å². The zero-order chi connectivity index (χ0) is 21.5. The summed E-state index contributed by atoms with van der Waals surface area (Å²) in [7, 11) is 3.38. The first-order valence-electron chi connectivity index (χ1n) is 8.97. The first-order valence-corrected chi connectivity index (χ1v) is 9.79. The molecule has 0 aliphatic carbocycles. The van der Waals surface area contributed by atoms with E-state index in [1.165, 1.54) is 4.90 Å². The summed E-state index contributed by atoms with van der Waals surface area (Å²) in [5, 5.41) is 11.8. The lowest BCUT2D eigenvalue weighted by Crippen LogP contribution is -2.16. The van der Waals surface area contributed by atoms with Crippen molar-refractivity contribution in [3.8, 4) is 11.8 Å². The lowest BCUT2D eigenvalue weighted by atomic mass is 10.2. The molecule has 1 aromatic heterocycles. The third-order valence-corrected chi connectivity index (χ3v) is 4.99. The molecule has 2 amide bonds. The average Bonchev–Trinajstić information content (AvgIpc) is 3.23. The highest BCUT2D eigenvalue weighted by molar-refractivity contribution is 8.13. The van der Waals surface area contributed by atoms with Crippen molar-refractivity contribution in [2.75, 3.05) is 19.4 Å². The van der Waals surface area contributed by atoms with Gasteiger partial charge in [-0.2, -0.15) is 5.26 Å². The first kappa shape index (κ1) is 21.0. The van der Waals surface area contributed by atoms with Crippen LogP contribution in [0, 0.1) is 11.3 Å². The average molecular weight is 421 g/mol. The third kappa shape index (κ3) is 5.43. The van der Waals surface area contributed by atoms with Crippen LogP contribution in [0.2, 0.25) is 0 Å². The molecule has 0 unspecified atom stereocenters. The minimum absolute atomic E-state index is 0.0745. The van der Waals surface area contributed by atoms with Gasteiger partial charge in [0, 0.05) is 24.7 Å². The molecule has 1 heterocycles. The van der Waals surface area contributed by atoms with Crippen molar-refractivity contribution in [1.29, 1.82) is 5.26 Å². The molecule has 0 saturated carbocycles. The van der Waals surface area contributed by atoms with Crippen molar-refractivity contribution in [3.63, 3.8) is 0 Å². The molecule has 2 aromatic carbocycles.